The van der Waals surface area contributed by atoms with E-state index in [1.165, 1.54) is 21.6 Å². The molecular formula is C13H15NS. The van der Waals surface area contributed by atoms with Crippen LogP contribution in [0.3, 0.4) is 0 Å². The molecular weight excluding hydrogens is 202 g/mol. The molecule has 1 nitrogen and oxygen atoms in total. The Labute approximate surface area is 94.6 Å². The van der Waals surface area contributed by atoms with Gasteiger partial charge in [-0.2, -0.15) is 0 Å². The molecule has 1 heterocycles. The molecule has 15 heavy (non-hydrogen) atoms. The molecule has 0 radical (unpaired) electrons. The fourth-order valence-corrected chi connectivity index (χ4v) is 2.44. The average molecular weight is 217 g/mol. The Morgan fingerprint density at radius 3 is 2.60 bits per heavy atom. The molecule has 2 heteroatoms. The Balaban J connectivity index is 2.52. The van der Waals surface area contributed by atoms with Crippen LogP contribution >= 0.6 is 11.3 Å². The minimum absolute atomic E-state index is 0.0846. The summed E-state index contributed by atoms with van der Waals surface area (Å²) in [7, 11) is 0. The summed E-state index contributed by atoms with van der Waals surface area (Å²) in [5.41, 5.74) is 9.72. The van der Waals surface area contributed by atoms with Gasteiger partial charge in [0.2, 0.25) is 0 Å². The first-order valence-corrected chi connectivity index (χ1v) is 5.96. The third-order valence-electron chi connectivity index (χ3n) is 2.49. The fraction of sp³-hybridized carbons (Fsp3) is 0.231. The van der Waals surface area contributed by atoms with Gasteiger partial charge in [0.15, 0.2) is 0 Å². The van der Waals surface area contributed by atoms with E-state index < -0.39 is 0 Å². The van der Waals surface area contributed by atoms with Gasteiger partial charge < -0.3 is 5.73 Å². The van der Waals surface area contributed by atoms with Gasteiger partial charge in [-0.15, -0.1) is 11.3 Å². The van der Waals surface area contributed by atoms with Crippen molar-refractivity contribution in [1.82, 2.24) is 0 Å². The maximum atomic E-state index is 5.96. The maximum Gasteiger partial charge on any atom is 0.0272 e. The Kier molecular flexibility index (Phi) is 2.89. The van der Waals surface area contributed by atoms with Gasteiger partial charge in [-0.1, -0.05) is 24.3 Å². The molecule has 1 aromatic carbocycles. The highest BCUT2D eigenvalue weighted by Crippen LogP contribution is 2.30. The number of nitrogens with two attached hydrogens (primary N) is 1. The van der Waals surface area contributed by atoms with Crippen molar-refractivity contribution in [1.29, 1.82) is 0 Å². The quantitative estimate of drug-likeness (QED) is 0.814. The second-order valence-corrected chi connectivity index (χ2v) is 4.94. The molecule has 0 aliphatic carbocycles. The van der Waals surface area contributed by atoms with Gasteiger partial charge in [0.1, 0.15) is 0 Å². The average Bonchev–Trinajstić information content (AvgIpc) is 2.65. The van der Waals surface area contributed by atoms with Crippen LogP contribution in [0.15, 0.2) is 35.7 Å². The van der Waals surface area contributed by atoms with Crippen molar-refractivity contribution in [3.8, 4) is 11.1 Å². The lowest BCUT2D eigenvalue weighted by Gasteiger charge is -2.11. The lowest BCUT2D eigenvalue weighted by molar-refractivity contribution is 0.820. The SMILES string of the molecule is Cc1cc(-c2ccccc2C(C)N)cs1. The van der Waals surface area contributed by atoms with Crippen molar-refractivity contribution in [3.63, 3.8) is 0 Å². The molecule has 0 spiro atoms. The molecule has 2 N–H and O–H groups in total. The van der Waals surface area contributed by atoms with Gasteiger partial charge in [-0.3, -0.25) is 0 Å². The highest BCUT2D eigenvalue weighted by Gasteiger charge is 2.08. The predicted octanol–water partition coefficient (Wildman–Crippen LogP) is 3.74. The van der Waals surface area contributed by atoms with Crippen molar-refractivity contribution in [2.45, 2.75) is 19.9 Å². The Bertz CT molecular complexity index is 457. The lowest BCUT2D eigenvalue weighted by Crippen LogP contribution is -2.06. The fourth-order valence-electron chi connectivity index (χ4n) is 1.74. The largest absolute Gasteiger partial charge is 0.324 e. The summed E-state index contributed by atoms with van der Waals surface area (Å²) in [6.45, 7) is 4.15. The van der Waals surface area contributed by atoms with E-state index in [0.717, 1.165) is 0 Å². The van der Waals surface area contributed by atoms with E-state index in [9.17, 15) is 0 Å². The lowest BCUT2D eigenvalue weighted by atomic mass is 9.98. The van der Waals surface area contributed by atoms with E-state index in [0.29, 0.717) is 0 Å². The van der Waals surface area contributed by atoms with E-state index in [-0.39, 0.29) is 6.04 Å². The van der Waals surface area contributed by atoms with Crippen molar-refractivity contribution in [2.75, 3.05) is 0 Å². The molecule has 0 saturated heterocycles. The molecule has 0 bridgehead atoms. The van der Waals surface area contributed by atoms with Crippen LogP contribution in [0.2, 0.25) is 0 Å². The smallest absolute Gasteiger partial charge is 0.0272 e. The van der Waals surface area contributed by atoms with Gasteiger partial charge in [0.25, 0.3) is 0 Å². The number of benzene rings is 1. The van der Waals surface area contributed by atoms with E-state index >= 15 is 0 Å². The zero-order valence-electron chi connectivity index (χ0n) is 9.03. The summed E-state index contributed by atoms with van der Waals surface area (Å²) in [6, 6.07) is 10.6. The van der Waals surface area contributed by atoms with Crippen LogP contribution < -0.4 is 5.73 Å². The molecule has 0 aliphatic heterocycles. The van der Waals surface area contributed by atoms with E-state index in [4.69, 9.17) is 5.73 Å². The minimum atomic E-state index is 0.0846. The molecule has 0 saturated carbocycles. The van der Waals surface area contributed by atoms with E-state index in [1.54, 1.807) is 11.3 Å². The predicted molar refractivity (Wildman–Crippen MR) is 67.1 cm³/mol. The summed E-state index contributed by atoms with van der Waals surface area (Å²) >= 11 is 1.78. The number of hydrogen-bond donors (Lipinski definition) is 1. The van der Waals surface area contributed by atoms with Crippen molar-refractivity contribution < 1.29 is 0 Å². The molecule has 0 aliphatic rings. The summed E-state index contributed by atoms with van der Waals surface area (Å²) in [4.78, 5) is 1.34. The molecule has 1 aromatic heterocycles. The molecule has 0 fully saturated rings. The van der Waals surface area contributed by atoms with Gasteiger partial charge in [0.05, 0.1) is 0 Å². The topological polar surface area (TPSA) is 26.0 Å². The second-order valence-electron chi connectivity index (χ2n) is 3.82. The molecule has 0 amide bonds. The van der Waals surface area contributed by atoms with Crippen molar-refractivity contribution in [2.24, 2.45) is 5.73 Å². The van der Waals surface area contributed by atoms with Gasteiger partial charge in [-0.25, -0.2) is 0 Å². The second kappa shape index (κ2) is 4.17. The summed E-state index contributed by atoms with van der Waals surface area (Å²) in [5.74, 6) is 0. The minimum Gasteiger partial charge on any atom is -0.324 e. The van der Waals surface area contributed by atoms with Crippen molar-refractivity contribution >= 4 is 11.3 Å². The summed E-state index contributed by atoms with van der Waals surface area (Å²) in [6.07, 6.45) is 0. The molecule has 2 rings (SSSR count). The molecule has 2 aromatic rings. The molecule has 1 unspecified atom stereocenters. The van der Waals surface area contributed by atoms with Crippen molar-refractivity contribution in [3.05, 3.63) is 46.2 Å². The zero-order chi connectivity index (χ0) is 10.8. The summed E-state index contributed by atoms with van der Waals surface area (Å²) < 4.78 is 0. The standard InChI is InChI=1S/C13H15NS/c1-9-7-11(8-15-9)13-6-4-3-5-12(13)10(2)14/h3-8,10H,14H2,1-2H3. The Hall–Kier alpha value is -1.12. The first-order valence-electron chi connectivity index (χ1n) is 5.08. The highest BCUT2D eigenvalue weighted by atomic mass is 32.1. The van der Waals surface area contributed by atoms with Crippen LogP contribution in [0.25, 0.3) is 11.1 Å². The monoisotopic (exact) mass is 217 g/mol. The third kappa shape index (κ3) is 2.11. The van der Waals surface area contributed by atoms with Gasteiger partial charge >= 0.3 is 0 Å². The Morgan fingerprint density at radius 2 is 2.00 bits per heavy atom. The van der Waals surface area contributed by atoms with Crippen LogP contribution in [0.5, 0.6) is 0 Å². The van der Waals surface area contributed by atoms with E-state index in [2.05, 4.69) is 36.6 Å². The highest BCUT2D eigenvalue weighted by molar-refractivity contribution is 7.10. The van der Waals surface area contributed by atoms with Crippen LogP contribution in [0.4, 0.5) is 0 Å². The molecule has 1 atom stereocenters. The Morgan fingerprint density at radius 1 is 1.27 bits per heavy atom. The van der Waals surface area contributed by atoms with Crippen LogP contribution in [0, 0.1) is 6.92 Å². The van der Waals surface area contributed by atoms with Crippen LogP contribution in [0.1, 0.15) is 23.4 Å². The van der Waals surface area contributed by atoms with Crippen LogP contribution in [-0.2, 0) is 0 Å². The normalized spacial score (nSPS) is 12.7. The maximum absolute atomic E-state index is 5.96. The molecule has 78 valence electrons. The first-order chi connectivity index (χ1) is 7.18. The number of hydrogen-bond acceptors (Lipinski definition) is 2. The number of thiophene rings is 1. The number of aryl methyl sites for hydroxylation is 1. The first kappa shape index (κ1) is 10.4. The zero-order valence-corrected chi connectivity index (χ0v) is 9.84. The van der Waals surface area contributed by atoms with Gasteiger partial charge in [0, 0.05) is 10.9 Å². The van der Waals surface area contributed by atoms with Gasteiger partial charge in [-0.05, 0) is 42.0 Å². The number of rotatable bonds is 2. The third-order valence-corrected chi connectivity index (χ3v) is 3.35. The summed E-state index contributed by atoms with van der Waals surface area (Å²) in [5, 5.41) is 2.19. The van der Waals surface area contributed by atoms with E-state index in [1.807, 2.05) is 13.0 Å². The van der Waals surface area contributed by atoms with Crippen LogP contribution in [-0.4, -0.2) is 0 Å².